The van der Waals surface area contributed by atoms with E-state index < -0.39 is 5.97 Å². The van der Waals surface area contributed by atoms with Crippen molar-refractivity contribution in [2.24, 2.45) is 5.84 Å². The molecule has 0 bridgehead atoms. The fraction of sp³-hybridized carbons (Fsp3) is 0.857. The molecule has 12 heavy (non-hydrogen) atoms. The lowest BCUT2D eigenvalue weighted by Gasteiger charge is -2.37. The first-order valence-corrected chi connectivity index (χ1v) is 4.24. The summed E-state index contributed by atoms with van der Waals surface area (Å²) in [5.74, 6) is 4.55. The molecule has 0 aromatic rings. The van der Waals surface area contributed by atoms with E-state index in [2.05, 4.69) is 5.53 Å². The Balaban J connectivity index is 2.53. The number of quaternary nitrogens is 1. The van der Waals surface area contributed by atoms with Crippen LogP contribution in [0, 0.1) is 0 Å². The largest absolute Gasteiger partial charge is 0.477 e. The zero-order valence-corrected chi connectivity index (χ0v) is 7.12. The van der Waals surface area contributed by atoms with E-state index in [-0.39, 0.29) is 6.54 Å². The van der Waals surface area contributed by atoms with Gasteiger partial charge in [0.1, 0.15) is 0 Å². The van der Waals surface area contributed by atoms with Gasteiger partial charge in [-0.1, -0.05) is 0 Å². The Morgan fingerprint density at radius 2 is 2.00 bits per heavy atom. The van der Waals surface area contributed by atoms with Gasteiger partial charge in [-0.15, -0.1) is 5.53 Å². The molecule has 0 amide bonds. The van der Waals surface area contributed by atoms with Crippen molar-refractivity contribution in [3.63, 3.8) is 0 Å². The molecule has 70 valence electrons. The summed E-state index contributed by atoms with van der Waals surface area (Å²) < 4.78 is 0.329. The minimum atomic E-state index is -0.796. The Hall–Kier alpha value is -0.650. The fourth-order valence-corrected chi connectivity index (χ4v) is 1.71. The molecular weight excluding hydrogens is 158 g/mol. The average Bonchev–Trinajstić information content (AvgIpc) is 2.05. The van der Waals surface area contributed by atoms with Crippen LogP contribution >= 0.6 is 0 Å². The van der Waals surface area contributed by atoms with Gasteiger partial charge in [0.15, 0.2) is 6.54 Å². The molecule has 0 spiro atoms. The van der Waals surface area contributed by atoms with Gasteiger partial charge in [-0.2, -0.15) is 0 Å². The van der Waals surface area contributed by atoms with Gasteiger partial charge in [0.2, 0.25) is 0 Å². The molecule has 0 atom stereocenters. The van der Waals surface area contributed by atoms with E-state index in [1.54, 1.807) is 0 Å². The molecule has 0 radical (unpaired) electrons. The quantitative estimate of drug-likeness (QED) is 0.305. The molecule has 1 fully saturated rings. The molecule has 0 unspecified atom stereocenters. The third-order valence-corrected chi connectivity index (χ3v) is 2.38. The fourth-order valence-electron chi connectivity index (χ4n) is 1.71. The third-order valence-electron chi connectivity index (χ3n) is 2.38. The first-order chi connectivity index (χ1) is 5.68. The minimum Gasteiger partial charge on any atom is -0.477 e. The Morgan fingerprint density at radius 3 is 2.42 bits per heavy atom. The van der Waals surface area contributed by atoms with Gasteiger partial charge in [-0.3, -0.25) is 0 Å². The lowest BCUT2D eigenvalue weighted by atomic mass is 10.1. The Labute approximate surface area is 71.7 Å². The summed E-state index contributed by atoms with van der Waals surface area (Å²) in [5.41, 5.74) is 2.61. The summed E-state index contributed by atoms with van der Waals surface area (Å²) in [6.45, 7) is 1.72. The Kier molecular flexibility index (Phi) is 3.02. The molecule has 0 aromatic heterocycles. The van der Waals surface area contributed by atoms with Crippen LogP contribution in [0.25, 0.3) is 0 Å². The maximum absolute atomic E-state index is 10.5. The number of hydrazine groups is 1. The zero-order chi connectivity index (χ0) is 9.03. The normalized spacial score (nSPS) is 22.1. The number of piperidine rings is 1. The number of hydrogen-bond donors (Lipinski definition) is 3. The van der Waals surface area contributed by atoms with Crippen LogP contribution in [0.5, 0.6) is 0 Å². The van der Waals surface area contributed by atoms with Gasteiger partial charge in [0.25, 0.3) is 0 Å². The Bertz CT molecular complexity index is 166. The average molecular weight is 174 g/mol. The van der Waals surface area contributed by atoms with Crippen molar-refractivity contribution >= 4 is 5.97 Å². The number of nitrogens with one attached hydrogen (secondary N) is 1. The van der Waals surface area contributed by atoms with E-state index in [1.165, 1.54) is 6.42 Å². The highest BCUT2D eigenvalue weighted by molar-refractivity contribution is 5.67. The van der Waals surface area contributed by atoms with Crippen LogP contribution in [-0.2, 0) is 4.79 Å². The molecule has 5 nitrogen and oxygen atoms in total. The number of carboxylic acid groups (broad SMARTS) is 1. The van der Waals surface area contributed by atoms with Gasteiger partial charge < -0.3 is 5.11 Å². The highest BCUT2D eigenvalue weighted by Crippen LogP contribution is 2.14. The number of aliphatic carboxylic acids is 1. The van der Waals surface area contributed by atoms with Gasteiger partial charge in [0, 0.05) is 0 Å². The number of likely N-dealkylation sites (tertiary alicyclic amines) is 1. The minimum absolute atomic E-state index is 0.0799. The second kappa shape index (κ2) is 3.84. The molecule has 5 heteroatoms. The number of rotatable bonds is 3. The standard InChI is InChI=1S/C7H15N3O2/c8-9-10(6-7(11)12)4-2-1-3-5-10/h9H,1-6,8H2/p+1. The SMILES string of the molecule is NN[N+]1(CC(=O)O)CCCCC1. The number of nitrogens with zero attached hydrogens (tertiary/aromatic N) is 1. The van der Waals surface area contributed by atoms with Crippen molar-refractivity contribution in [2.75, 3.05) is 19.6 Å². The predicted molar refractivity (Wildman–Crippen MR) is 43.7 cm³/mol. The lowest BCUT2D eigenvalue weighted by molar-refractivity contribution is -0.968. The van der Waals surface area contributed by atoms with E-state index in [1.807, 2.05) is 0 Å². The van der Waals surface area contributed by atoms with Crippen LogP contribution in [-0.4, -0.2) is 35.3 Å². The summed E-state index contributed by atoms with van der Waals surface area (Å²) in [6.07, 6.45) is 3.29. The number of hydrogen-bond acceptors (Lipinski definition) is 3. The first kappa shape index (κ1) is 9.44. The van der Waals surface area contributed by atoms with Gasteiger partial charge in [0.05, 0.1) is 13.1 Å². The highest BCUT2D eigenvalue weighted by atomic mass is 16.4. The van der Waals surface area contributed by atoms with E-state index in [9.17, 15) is 4.79 Å². The molecule has 0 aromatic carbocycles. The monoisotopic (exact) mass is 174 g/mol. The van der Waals surface area contributed by atoms with Crippen molar-refractivity contribution in [3.05, 3.63) is 0 Å². The van der Waals surface area contributed by atoms with Gasteiger partial charge in [-0.25, -0.2) is 15.2 Å². The lowest BCUT2D eigenvalue weighted by Crippen LogP contribution is -2.65. The van der Waals surface area contributed by atoms with Crippen LogP contribution in [0.4, 0.5) is 0 Å². The maximum atomic E-state index is 10.5. The van der Waals surface area contributed by atoms with Gasteiger partial charge in [-0.05, 0) is 19.3 Å². The van der Waals surface area contributed by atoms with Crippen LogP contribution in [0.3, 0.4) is 0 Å². The van der Waals surface area contributed by atoms with Crippen LogP contribution in [0.15, 0.2) is 0 Å². The smallest absolute Gasteiger partial charge is 0.361 e. The molecule has 4 N–H and O–H groups in total. The molecular formula is C7H16N3O2+. The molecule has 0 saturated carbocycles. The number of carboxylic acids is 1. The van der Waals surface area contributed by atoms with E-state index >= 15 is 0 Å². The third kappa shape index (κ3) is 2.17. The van der Waals surface area contributed by atoms with Crippen LogP contribution < -0.4 is 11.4 Å². The summed E-state index contributed by atoms with van der Waals surface area (Å²) in [7, 11) is 0. The molecule has 1 rings (SSSR count). The van der Waals surface area contributed by atoms with Crippen molar-refractivity contribution in [1.82, 2.24) is 5.53 Å². The molecule has 0 aliphatic carbocycles. The predicted octanol–water partition coefficient (Wildman–Crippen LogP) is -0.550. The highest BCUT2D eigenvalue weighted by Gasteiger charge is 2.31. The van der Waals surface area contributed by atoms with Crippen molar-refractivity contribution < 1.29 is 14.5 Å². The molecule has 1 heterocycles. The van der Waals surface area contributed by atoms with Crippen molar-refractivity contribution in [1.29, 1.82) is 0 Å². The second-order valence-corrected chi connectivity index (χ2v) is 3.33. The molecule has 1 saturated heterocycles. The molecule has 1 aliphatic heterocycles. The van der Waals surface area contributed by atoms with Crippen molar-refractivity contribution in [2.45, 2.75) is 19.3 Å². The number of nitrogens with two attached hydrogens (primary N) is 1. The summed E-state index contributed by atoms with van der Waals surface area (Å²) in [5, 5.41) is 8.65. The van der Waals surface area contributed by atoms with E-state index in [0.29, 0.717) is 4.59 Å². The Morgan fingerprint density at radius 1 is 1.42 bits per heavy atom. The van der Waals surface area contributed by atoms with Crippen LogP contribution in [0.1, 0.15) is 19.3 Å². The first-order valence-electron chi connectivity index (χ1n) is 4.24. The summed E-state index contributed by atoms with van der Waals surface area (Å²) in [4.78, 5) is 10.5. The zero-order valence-electron chi connectivity index (χ0n) is 7.12. The van der Waals surface area contributed by atoms with E-state index in [4.69, 9.17) is 10.9 Å². The summed E-state index contributed by atoms with van der Waals surface area (Å²) in [6, 6.07) is 0. The van der Waals surface area contributed by atoms with Crippen LogP contribution in [0.2, 0.25) is 0 Å². The molecule has 1 aliphatic rings. The van der Waals surface area contributed by atoms with Crippen molar-refractivity contribution in [3.8, 4) is 0 Å². The topological polar surface area (TPSA) is 75.3 Å². The second-order valence-electron chi connectivity index (χ2n) is 3.33. The van der Waals surface area contributed by atoms with Gasteiger partial charge >= 0.3 is 5.97 Å². The summed E-state index contributed by atoms with van der Waals surface area (Å²) >= 11 is 0. The number of carbonyl (C=O) groups is 1. The maximum Gasteiger partial charge on any atom is 0.361 e. The van der Waals surface area contributed by atoms with E-state index in [0.717, 1.165) is 25.9 Å².